The summed E-state index contributed by atoms with van der Waals surface area (Å²) in [5.41, 5.74) is 4.00. The molecule has 106 valence electrons. The van der Waals surface area contributed by atoms with Gasteiger partial charge < -0.3 is 12.3 Å². The largest absolute Gasteiger partial charge is 0.344 e. The van der Waals surface area contributed by atoms with Crippen LogP contribution >= 0.6 is 0 Å². The Balaban J connectivity index is 0.00000110. The minimum absolute atomic E-state index is 0. The third kappa shape index (κ3) is 3.82. The second-order valence-electron chi connectivity index (χ2n) is 4.67. The summed E-state index contributed by atoms with van der Waals surface area (Å²) in [7, 11) is 0. The molecule has 0 saturated heterocycles. The molecule has 0 spiro atoms. The molecule has 0 radical (unpaired) electrons. The molecule has 0 saturated carbocycles. The van der Waals surface area contributed by atoms with Crippen LogP contribution in [0, 0.1) is 0 Å². The minimum atomic E-state index is 0. The fourth-order valence-electron chi connectivity index (χ4n) is 2.51. The molecule has 0 aromatic heterocycles. The van der Waals surface area contributed by atoms with E-state index in [1.54, 1.807) is 0 Å². The van der Waals surface area contributed by atoms with Crippen molar-refractivity contribution >= 4 is 23.1 Å². The molecule has 0 aliphatic rings. The predicted molar refractivity (Wildman–Crippen MR) is 94.0 cm³/mol. The fourth-order valence-corrected chi connectivity index (χ4v) is 2.51. The van der Waals surface area contributed by atoms with Crippen molar-refractivity contribution in [3.05, 3.63) is 91.0 Å². The van der Waals surface area contributed by atoms with Gasteiger partial charge in [-0.15, -0.1) is 0 Å². The highest BCUT2D eigenvalue weighted by atomic mass is 14.0. The summed E-state index contributed by atoms with van der Waals surface area (Å²) < 4.78 is 0. The Morgan fingerprint density at radius 1 is 0.381 bits per heavy atom. The van der Waals surface area contributed by atoms with Crippen LogP contribution in [0.15, 0.2) is 91.0 Å². The third-order valence-electron chi connectivity index (χ3n) is 3.40. The van der Waals surface area contributed by atoms with Gasteiger partial charge in [0.25, 0.3) is 0 Å². The Hall–Kier alpha value is -2.36. The molecule has 3 aromatic carbocycles. The highest BCUT2D eigenvalue weighted by Crippen LogP contribution is 1.95. The quantitative estimate of drug-likeness (QED) is 0.722. The van der Waals surface area contributed by atoms with Crippen molar-refractivity contribution in [2.75, 3.05) is 0 Å². The molecule has 0 heterocycles. The summed E-state index contributed by atoms with van der Waals surface area (Å²) in [5, 5.41) is 0. The van der Waals surface area contributed by atoms with E-state index in [2.05, 4.69) is 91.0 Å². The van der Waals surface area contributed by atoms with Crippen LogP contribution in [0.3, 0.4) is 0 Å². The van der Waals surface area contributed by atoms with Crippen LogP contribution in [0.4, 0.5) is 0 Å². The molecule has 0 aliphatic carbocycles. The van der Waals surface area contributed by atoms with Crippen LogP contribution in [0.5, 0.6) is 0 Å². The summed E-state index contributed by atoms with van der Waals surface area (Å²) in [4.78, 5) is 0. The van der Waals surface area contributed by atoms with Gasteiger partial charge in [-0.1, -0.05) is 107 Å². The monoisotopic (exact) mass is 276 g/mol. The van der Waals surface area contributed by atoms with Crippen LogP contribution in [-0.2, 0) is 0 Å². The van der Waals surface area contributed by atoms with E-state index in [4.69, 9.17) is 0 Å². The van der Waals surface area contributed by atoms with E-state index in [9.17, 15) is 0 Å². The first-order valence-electron chi connectivity index (χ1n) is 6.60. The first kappa shape index (κ1) is 16.7. The first-order valence-corrected chi connectivity index (χ1v) is 6.60. The van der Waals surface area contributed by atoms with Crippen molar-refractivity contribution in [2.45, 2.75) is 0 Å². The zero-order valence-corrected chi connectivity index (χ0v) is 12.2. The Labute approximate surface area is 127 Å². The van der Waals surface area contributed by atoms with Crippen LogP contribution in [0.1, 0.15) is 0 Å². The second-order valence-corrected chi connectivity index (χ2v) is 4.67. The van der Waals surface area contributed by atoms with Crippen molar-refractivity contribution in [2.24, 2.45) is 0 Å². The maximum atomic E-state index is 2.20. The Kier molecular flexibility index (Phi) is 6.40. The number of hydrogen-bond acceptors (Lipinski definition) is 2. The SMILES string of the molecule is N.N.c1ccc(B(c2ccccc2)c2ccccc2)cc1. The van der Waals surface area contributed by atoms with E-state index in [0.717, 1.165) is 0 Å². The molecule has 0 bridgehead atoms. The van der Waals surface area contributed by atoms with Crippen molar-refractivity contribution in [1.29, 1.82) is 0 Å². The summed E-state index contributed by atoms with van der Waals surface area (Å²) in [6.45, 7) is 0.309. The van der Waals surface area contributed by atoms with E-state index in [1.165, 1.54) is 16.4 Å². The number of hydrogen-bond donors (Lipinski definition) is 2. The van der Waals surface area contributed by atoms with Gasteiger partial charge in [0.1, 0.15) is 0 Å². The molecule has 0 atom stereocenters. The van der Waals surface area contributed by atoms with Gasteiger partial charge in [0, 0.05) is 0 Å². The van der Waals surface area contributed by atoms with E-state index >= 15 is 0 Å². The summed E-state index contributed by atoms with van der Waals surface area (Å²) in [6, 6.07) is 32.0. The lowest BCUT2D eigenvalue weighted by Gasteiger charge is -2.15. The second kappa shape index (κ2) is 8.05. The van der Waals surface area contributed by atoms with Crippen molar-refractivity contribution in [3.8, 4) is 0 Å². The Morgan fingerprint density at radius 3 is 0.857 bits per heavy atom. The van der Waals surface area contributed by atoms with Gasteiger partial charge in [0.2, 0.25) is 6.71 Å². The van der Waals surface area contributed by atoms with Gasteiger partial charge in [-0.3, -0.25) is 0 Å². The van der Waals surface area contributed by atoms with E-state index < -0.39 is 0 Å². The van der Waals surface area contributed by atoms with E-state index in [1.807, 2.05) is 0 Å². The summed E-state index contributed by atoms with van der Waals surface area (Å²) >= 11 is 0. The molecule has 3 rings (SSSR count). The molecular weight excluding hydrogens is 255 g/mol. The smallest absolute Gasteiger partial charge is 0.241 e. The molecule has 0 amide bonds. The molecule has 2 nitrogen and oxygen atoms in total. The maximum Gasteiger partial charge on any atom is 0.241 e. The molecule has 6 N–H and O–H groups in total. The molecule has 21 heavy (non-hydrogen) atoms. The van der Waals surface area contributed by atoms with Crippen molar-refractivity contribution < 1.29 is 0 Å². The zero-order chi connectivity index (χ0) is 12.9. The number of benzene rings is 3. The maximum absolute atomic E-state index is 2.20. The van der Waals surface area contributed by atoms with E-state index in [0.29, 0.717) is 6.71 Å². The molecular formula is C18H21BN2. The van der Waals surface area contributed by atoms with Gasteiger partial charge in [0.05, 0.1) is 0 Å². The highest BCUT2D eigenvalue weighted by Gasteiger charge is 2.20. The van der Waals surface area contributed by atoms with Gasteiger partial charge in [-0.2, -0.15) is 0 Å². The van der Waals surface area contributed by atoms with Gasteiger partial charge in [-0.25, -0.2) is 0 Å². The molecule has 0 aliphatic heterocycles. The summed E-state index contributed by atoms with van der Waals surface area (Å²) in [5.74, 6) is 0. The fraction of sp³-hybridized carbons (Fsp3) is 0. The van der Waals surface area contributed by atoms with Gasteiger partial charge in [0.15, 0.2) is 0 Å². The van der Waals surface area contributed by atoms with E-state index in [-0.39, 0.29) is 12.3 Å². The molecule has 3 aromatic rings. The molecule has 3 heteroatoms. The number of rotatable bonds is 3. The van der Waals surface area contributed by atoms with Crippen molar-refractivity contribution in [3.63, 3.8) is 0 Å². The summed E-state index contributed by atoms with van der Waals surface area (Å²) in [6.07, 6.45) is 0. The molecule has 0 fully saturated rings. The van der Waals surface area contributed by atoms with Gasteiger partial charge in [-0.05, 0) is 0 Å². The average molecular weight is 276 g/mol. The third-order valence-corrected chi connectivity index (χ3v) is 3.40. The minimum Gasteiger partial charge on any atom is -0.344 e. The topological polar surface area (TPSA) is 70.0 Å². The first-order chi connectivity index (χ1) is 9.45. The van der Waals surface area contributed by atoms with Crippen LogP contribution in [0.25, 0.3) is 0 Å². The van der Waals surface area contributed by atoms with Gasteiger partial charge >= 0.3 is 0 Å². The lowest BCUT2D eigenvalue weighted by molar-refractivity contribution is 1.71. The van der Waals surface area contributed by atoms with Crippen LogP contribution in [-0.4, -0.2) is 6.71 Å². The van der Waals surface area contributed by atoms with Crippen LogP contribution in [0.2, 0.25) is 0 Å². The van der Waals surface area contributed by atoms with Crippen LogP contribution < -0.4 is 28.7 Å². The normalized spacial score (nSPS) is 9.14. The standard InChI is InChI=1S/C18H15B.2H3N/c1-4-10-16(11-5-1)19(17-12-6-2-7-13-17)18-14-8-3-9-15-18;;/h1-15H;2*1H3. The Morgan fingerprint density at radius 2 is 0.619 bits per heavy atom. The Bertz CT molecular complexity index is 533. The lowest BCUT2D eigenvalue weighted by atomic mass is 9.37. The highest BCUT2D eigenvalue weighted by molar-refractivity contribution is 6.95. The van der Waals surface area contributed by atoms with Crippen molar-refractivity contribution in [1.82, 2.24) is 12.3 Å². The average Bonchev–Trinajstić information content (AvgIpc) is 2.51. The molecule has 0 unspecified atom stereocenters. The predicted octanol–water partition coefficient (Wildman–Crippen LogP) is 2.53. The zero-order valence-electron chi connectivity index (χ0n) is 12.2. The lowest BCUT2D eigenvalue weighted by Crippen LogP contribution is -2.51.